The standard InChI is InChI=1S/C21H18N4O4S/c1-14(20(26)24-19-7-2-3-12-22-19)30-18-10-8-16(9-11-18)23-21(27)15-5-4-6-17(13-15)25(28)29/h2-14H,1H3,(H,23,27)(H,22,24,26). The van der Waals surface area contributed by atoms with Crippen LogP contribution in [0.25, 0.3) is 0 Å². The summed E-state index contributed by atoms with van der Waals surface area (Å²) in [5, 5.41) is 16.0. The molecule has 1 heterocycles. The molecule has 0 aliphatic rings. The van der Waals surface area contributed by atoms with Gasteiger partial charge in [0, 0.05) is 34.5 Å². The summed E-state index contributed by atoms with van der Waals surface area (Å²) in [5.74, 6) is -0.113. The van der Waals surface area contributed by atoms with Crippen molar-refractivity contribution in [1.82, 2.24) is 4.98 Å². The number of nitro benzene ring substituents is 1. The van der Waals surface area contributed by atoms with Crippen molar-refractivity contribution in [3.8, 4) is 0 Å². The van der Waals surface area contributed by atoms with Crippen LogP contribution in [0.4, 0.5) is 17.2 Å². The van der Waals surface area contributed by atoms with Crippen LogP contribution < -0.4 is 10.6 Å². The lowest BCUT2D eigenvalue weighted by Gasteiger charge is -2.12. The molecule has 152 valence electrons. The van der Waals surface area contributed by atoms with Crippen LogP contribution in [0.3, 0.4) is 0 Å². The number of rotatable bonds is 7. The van der Waals surface area contributed by atoms with E-state index in [1.54, 1.807) is 55.6 Å². The summed E-state index contributed by atoms with van der Waals surface area (Å²) >= 11 is 1.37. The maximum absolute atomic E-state index is 12.3. The van der Waals surface area contributed by atoms with Crippen molar-refractivity contribution in [1.29, 1.82) is 0 Å². The summed E-state index contributed by atoms with van der Waals surface area (Å²) in [7, 11) is 0. The number of nitrogens with one attached hydrogen (secondary N) is 2. The van der Waals surface area contributed by atoms with Gasteiger partial charge in [0.15, 0.2) is 0 Å². The number of non-ortho nitro benzene ring substituents is 1. The molecular formula is C21H18N4O4S. The second-order valence-corrected chi connectivity index (χ2v) is 7.66. The highest BCUT2D eigenvalue weighted by molar-refractivity contribution is 8.00. The molecule has 0 aliphatic heterocycles. The van der Waals surface area contributed by atoms with Crippen LogP contribution in [-0.2, 0) is 4.79 Å². The van der Waals surface area contributed by atoms with Crippen LogP contribution in [0.1, 0.15) is 17.3 Å². The summed E-state index contributed by atoms with van der Waals surface area (Å²) in [6.45, 7) is 1.79. The Bertz CT molecular complexity index is 1060. The molecule has 2 amide bonds. The van der Waals surface area contributed by atoms with Gasteiger partial charge in [-0.3, -0.25) is 19.7 Å². The van der Waals surface area contributed by atoms with E-state index >= 15 is 0 Å². The zero-order valence-electron chi connectivity index (χ0n) is 15.9. The molecule has 2 aromatic carbocycles. The second-order valence-electron chi connectivity index (χ2n) is 6.25. The molecule has 9 heteroatoms. The number of carbonyl (C=O) groups excluding carboxylic acids is 2. The summed E-state index contributed by atoms with van der Waals surface area (Å²) in [4.78, 5) is 39.8. The molecular weight excluding hydrogens is 404 g/mol. The quantitative estimate of drug-likeness (QED) is 0.332. The van der Waals surface area contributed by atoms with Crippen LogP contribution in [0.5, 0.6) is 0 Å². The van der Waals surface area contributed by atoms with Crippen molar-refractivity contribution in [2.24, 2.45) is 0 Å². The number of nitro groups is 1. The molecule has 1 aromatic heterocycles. The predicted octanol–water partition coefficient (Wildman–Crippen LogP) is 4.36. The Morgan fingerprint density at radius 2 is 1.80 bits per heavy atom. The van der Waals surface area contributed by atoms with E-state index in [-0.39, 0.29) is 22.4 Å². The Morgan fingerprint density at radius 1 is 1.03 bits per heavy atom. The van der Waals surface area contributed by atoms with Crippen molar-refractivity contribution < 1.29 is 14.5 Å². The lowest BCUT2D eigenvalue weighted by molar-refractivity contribution is -0.384. The van der Waals surface area contributed by atoms with Crippen molar-refractivity contribution in [2.75, 3.05) is 10.6 Å². The van der Waals surface area contributed by atoms with E-state index in [0.29, 0.717) is 11.5 Å². The fourth-order valence-corrected chi connectivity index (χ4v) is 3.37. The number of anilines is 2. The van der Waals surface area contributed by atoms with Crippen LogP contribution in [-0.4, -0.2) is 27.0 Å². The number of carbonyl (C=O) groups is 2. The van der Waals surface area contributed by atoms with Crippen LogP contribution in [0.15, 0.2) is 77.8 Å². The highest BCUT2D eigenvalue weighted by Crippen LogP contribution is 2.26. The maximum Gasteiger partial charge on any atom is 0.270 e. The molecule has 1 unspecified atom stereocenters. The van der Waals surface area contributed by atoms with Gasteiger partial charge in [0.25, 0.3) is 11.6 Å². The first kappa shape index (κ1) is 21.0. The van der Waals surface area contributed by atoms with E-state index < -0.39 is 10.8 Å². The van der Waals surface area contributed by atoms with Crippen molar-refractivity contribution in [3.05, 3.63) is 88.6 Å². The van der Waals surface area contributed by atoms with E-state index in [2.05, 4.69) is 15.6 Å². The van der Waals surface area contributed by atoms with Gasteiger partial charge in [0.1, 0.15) is 5.82 Å². The number of amides is 2. The van der Waals surface area contributed by atoms with Gasteiger partial charge in [-0.05, 0) is 49.4 Å². The van der Waals surface area contributed by atoms with E-state index in [4.69, 9.17) is 0 Å². The number of nitrogens with zero attached hydrogens (tertiary/aromatic N) is 2. The Kier molecular flexibility index (Phi) is 6.76. The fraction of sp³-hybridized carbons (Fsp3) is 0.0952. The number of thioether (sulfide) groups is 1. The largest absolute Gasteiger partial charge is 0.322 e. The fourth-order valence-electron chi connectivity index (χ4n) is 2.50. The SMILES string of the molecule is CC(Sc1ccc(NC(=O)c2cccc([N+](=O)[O-])c2)cc1)C(=O)Nc1ccccn1. The normalized spacial score (nSPS) is 11.4. The Hall–Kier alpha value is -3.72. The van der Waals surface area contributed by atoms with E-state index in [1.807, 2.05) is 0 Å². The summed E-state index contributed by atoms with van der Waals surface area (Å²) < 4.78 is 0. The summed E-state index contributed by atoms with van der Waals surface area (Å²) in [6.07, 6.45) is 1.61. The van der Waals surface area contributed by atoms with Gasteiger partial charge >= 0.3 is 0 Å². The summed E-state index contributed by atoms with van der Waals surface area (Å²) in [6, 6.07) is 17.8. The Labute approximate surface area is 176 Å². The molecule has 1 atom stereocenters. The van der Waals surface area contributed by atoms with Gasteiger partial charge in [-0.25, -0.2) is 4.98 Å². The minimum atomic E-state index is -0.548. The van der Waals surface area contributed by atoms with Crippen LogP contribution in [0.2, 0.25) is 0 Å². The van der Waals surface area contributed by atoms with Gasteiger partial charge in [0.05, 0.1) is 10.2 Å². The zero-order valence-corrected chi connectivity index (χ0v) is 16.8. The molecule has 0 saturated carbocycles. The van der Waals surface area contributed by atoms with Gasteiger partial charge in [0.2, 0.25) is 5.91 Å². The Morgan fingerprint density at radius 3 is 2.47 bits per heavy atom. The molecule has 0 radical (unpaired) electrons. The van der Waals surface area contributed by atoms with Gasteiger partial charge in [-0.15, -0.1) is 11.8 Å². The zero-order chi connectivity index (χ0) is 21.5. The lowest BCUT2D eigenvalue weighted by Crippen LogP contribution is -2.22. The molecule has 3 rings (SSSR count). The monoisotopic (exact) mass is 422 g/mol. The summed E-state index contributed by atoms with van der Waals surface area (Å²) in [5.41, 5.74) is 0.594. The molecule has 8 nitrogen and oxygen atoms in total. The molecule has 2 N–H and O–H groups in total. The topological polar surface area (TPSA) is 114 Å². The first-order valence-electron chi connectivity index (χ1n) is 8.97. The lowest BCUT2D eigenvalue weighted by atomic mass is 10.2. The Balaban J connectivity index is 1.58. The minimum Gasteiger partial charge on any atom is -0.322 e. The van der Waals surface area contributed by atoms with E-state index in [0.717, 1.165) is 4.90 Å². The molecule has 0 fully saturated rings. The molecule has 0 spiro atoms. The maximum atomic E-state index is 12.3. The number of hydrogen-bond acceptors (Lipinski definition) is 6. The smallest absolute Gasteiger partial charge is 0.270 e. The van der Waals surface area contributed by atoms with Crippen LogP contribution >= 0.6 is 11.8 Å². The molecule has 30 heavy (non-hydrogen) atoms. The highest BCUT2D eigenvalue weighted by atomic mass is 32.2. The van der Waals surface area contributed by atoms with Crippen LogP contribution in [0, 0.1) is 10.1 Å². The second kappa shape index (κ2) is 9.66. The predicted molar refractivity (Wildman–Crippen MR) is 116 cm³/mol. The molecule has 0 aliphatic carbocycles. The van der Waals surface area contributed by atoms with Crippen molar-refractivity contribution >= 4 is 40.8 Å². The molecule has 3 aromatic rings. The number of pyridine rings is 1. The first-order chi connectivity index (χ1) is 14.4. The van der Waals surface area contributed by atoms with E-state index in [9.17, 15) is 19.7 Å². The minimum absolute atomic E-state index is 0.146. The third kappa shape index (κ3) is 5.65. The number of aromatic nitrogens is 1. The average Bonchev–Trinajstić information content (AvgIpc) is 2.75. The van der Waals surface area contributed by atoms with Gasteiger partial charge < -0.3 is 10.6 Å². The number of hydrogen-bond donors (Lipinski definition) is 2. The van der Waals surface area contributed by atoms with Gasteiger partial charge in [-0.1, -0.05) is 12.1 Å². The third-order valence-corrected chi connectivity index (χ3v) is 5.14. The number of benzene rings is 2. The average molecular weight is 422 g/mol. The van der Waals surface area contributed by atoms with Crippen molar-refractivity contribution in [2.45, 2.75) is 17.1 Å². The molecule has 0 bridgehead atoms. The molecule has 0 saturated heterocycles. The first-order valence-corrected chi connectivity index (χ1v) is 9.85. The van der Waals surface area contributed by atoms with Crippen molar-refractivity contribution in [3.63, 3.8) is 0 Å². The van der Waals surface area contributed by atoms with E-state index in [1.165, 1.54) is 36.0 Å². The third-order valence-electron chi connectivity index (χ3n) is 4.03. The highest BCUT2D eigenvalue weighted by Gasteiger charge is 2.15. The van der Waals surface area contributed by atoms with Gasteiger partial charge in [-0.2, -0.15) is 0 Å².